The maximum atomic E-state index is 12.0. The molecule has 1 aliphatic rings. The average Bonchev–Trinajstić information content (AvgIpc) is 3.04. The van der Waals surface area contributed by atoms with E-state index in [4.69, 9.17) is 5.73 Å². The summed E-state index contributed by atoms with van der Waals surface area (Å²) in [5, 5.41) is 9.85. The summed E-state index contributed by atoms with van der Waals surface area (Å²) in [4.78, 5) is 28.9. The SMILES string of the molecule is Cl.Cl.NCC(NC(=O)Cc1csc(NC(=O)c2cccs2)n1)C1CC1. The van der Waals surface area contributed by atoms with E-state index >= 15 is 0 Å². The fraction of sp³-hybridized carbons (Fsp3) is 0.400. The van der Waals surface area contributed by atoms with Gasteiger partial charge in [0.25, 0.3) is 5.91 Å². The monoisotopic (exact) mass is 422 g/mol. The summed E-state index contributed by atoms with van der Waals surface area (Å²) in [6.07, 6.45) is 2.48. The molecule has 1 aliphatic carbocycles. The number of aromatic nitrogens is 1. The molecule has 1 atom stereocenters. The van der Waals surface area contributed by atoms with Crippen LogP contribution in [0.1, 0.15) is 28.2 Å². The van der Waals surface area contributed by atoms with Crippen LogP contribution in [0.5, 0.6) is 0 Å². The van der Waals surface area contributed by atoms with Crippen LogP contribution in [-0.2, 0) is 11.2 Å². The molecule has 6 nitrogen and oxygen atoms in total. The van der Waals surface area contributed by atoms with Crippen LogP contribution in [-0.4, -0.2) is 29.4 Å². The number of hydrogen-bond acceptors (Lipinski definition) is 6. The molecule has 25 heavy (non-hydrogen) atoms. The number of nitrogens with zero attached hydrogens (tertiary/aromatic N) is 1. The van der Waals surface area contributed by atoms with Crippen LogP contribution in [0.25, 0.3) is 0 Å². The molecule has 0 spiro atoms. The van der Waals surface area contributed by atoms with Crippen LogP contribution in [0.15, 0.2) is 22.9 Å². The molecule has 2 aromatic heterocycles. The van der Waals surface area contributed by atoms with E-state index in [0.29, 0.717) is 28.2 Å². The molecular weight excluding hydrogens is 403 g/mol. The molecule has 1 unspecified atom stereocenters. The smallest absolute Gasteiger partial charge is 0.267 e. The second-order valence-electron chi connectivity index (χ2n) is 5.50. The highest BCUT2D eigenvalue weighted by atomic mass is 35.5. The van der Waals surface area contributed by atoms with Crippen molar-refractivity contribution in [1.29, 1.82) is 0 Å². The lowest BCUT2D eigenvalue weighted by atomic mass is 10.2. The van der Waals surface area contributed by atoms with Gasteiger partial charge in [-0.1, -0.05) is 6.07 Å². The Morgan fingerprint density at radius 3 is 2.68 bits per heavy atom. The second kappa shape index (κ2) is 10.1. The Morgan fingerprint density at radius 2 is 2.08 bits per heavy atom. The standard InChI is InChI=1S/C15H18N4O2S2.2ClH/c16-7-11(9-3-4-9)18-13(20)6-10-8-23-15(17-10)19-14(21)12-2-1-5-22-12;;/h1-2,5,8-9,11H,3-4,6-7,16H2,(H,18,20)(H,17,19,21);2*1H. The Labute approximate surface area is 166 Å². The number of anilines is 1. The number of nitrogens with two attached hydrogens (primary N) is 1. The lowest BCUT2D eigenvalue weighted by molar-refractivity contribution is -0.121. The lowest BCUT2D eigenvalue weighted by Crippen LogP contribution is -2.42. The zero-order chi connectivity index (χ0) is 16.2. The zero-order valence-electron chi connectivity index (χ0n) is 13.3. The molecule has 0 saturated heterocycles. The van der Waals surface area contributed by atoms with Gasteiger partial charge in [-0.15, -0.1) is 47.5 Å². The van der Waals surface area contributed by atoms with Crippen molar-refractivity contribution in [3.63, 3.8) is 0 Å². The van der Waals surface area contributed by atoms with Crippen molar-refractivity contribution in [2.45, 2.75) is 25.3 Å². The Balaban J connectivity index is 0.00000156. The normalized spacial score (nSPS) is 14.0. The lowest BCUT2D eigenvalue weighted by Gasteiger charge is -2.15. The molecule has 4 N–H and O–H groups in total. The predicted molar refractivity (Wildman–Crippen MR) is 106 cm³/mol. The van der Waals surface area contributed by atoms with Crippen molar-refractivity contribution in [3.8, 4) is 0 Å². The Bertz CT molecular complexity index is 690. The van der Waals surface area contributed by atoms with E-state index in [2.05, 4.69) is 15.6 Å². The molecule has 0 aromatic carbocycles. The Hall–Kier alpha value is -1.19. The number of hydrogen-bond donors (Lipinski definition) is 3. The van der Waals surface area contributed by atoms with Crippen molar-refractivity contribution < 1.29 is 9.59 Å². The summed E-state index contributed by atoms with van der Waals surface area (Å²) < 4.78 is 0. The fourth-order valence-electron chi connectivity index (χ4n) is 2.30. The predicted octanol–water partition coefficient (Wildman–Crippen LogP) is 2.70. The number of nitrogens with one attached hydrogen (secondary N) is 2. The van der Waals surface area contributed by atoms with Crippen molar-refractivity contribution in [2.75, 3.05) is 11.9 Å². The van der Waals surface area contributed by atoms with Crippen LogP contribution in [0, 0.1) is 5.92 Å². The number of thiazole rings is 1. The summed E-state index contributed by atoms with van der Waals surface area (Å²) in [7, 11) is 0. The van der Waals surface area contributed by atoms with Crippen LogP contribution in [0.3, 0.4) is 0 Å². The van der Waals surface area contributed by atoms with E-state index in [1.54, 1.807) is 11.4 Å². The number of amides is 2. The largest absolute Gasteiger partial charge is 0.351 e. The van der Waals surface area contributed by atoms with E-state index in [1.165, 1.54) is 22.7 Å². The zero-order valence-corrected chi connectivity index (χ0v) is 16.5. The van der Waals surface area contributed by atoms with E-state index < -0.39 is 0 Å². The number of rotatable bonds is 7. The van der Waals surface area contributed by atoms with Gasteiger partial charge in [0.2, 0.25) is 5.91 Å². The maximum absolute atomic E-state index is 12.0. The fourth-order valence-corrected chi connectivity index (χ4v) is 3.63. The van der Waals surface area contributed by atoms with Crippen molar-refractivity contribution in [1.82, 2.24) is 10.3 Å². The van der Waals surface area contributed by atoms with Gasteiger partial charge in [-0.25, -0.2) is 4.98 Å². The molecule has 0 aliphatic heterocycles. The van der Waals surface area contributed by atoms with Gasteiger partial charge in [0.1, 0.15) is 0 Å². The van der Waals surface area contributed by atoms with Gasteiger partial charge in [-0.3, -0.25) is 14.9 Å². The van der Waals surface area contributed by atoms with E-state index in [1.807, 2.05) is 11.4 Å². The molecule has 1 fully saturated rings. The maximum Gasteiger partial charge on any atom is 0.267 e. The van der Waals surface area contributed by atoms with Gasteiger partial charge in [0.15, 0.2) is 5.13 Å². The van der Waals surface area contributed by atoms with Gasteiger partial charge < -0.3 is 11.1 Å². The third kappa shape index (κ3) is 6.23. The first kappa shape index (κ1) is 21.9. The highest BCUT2D eigenvalue weighted by Crippen LogP contribution is 2.32. The highest BCUT2D eigenvalue weighted by Gasteiger charge is 2.31. The van der Waals surface area contributed by atoms with Crippen molar-refractivity contribution in [3.05, 3.63) is 33.5 Å². The van der Waals surface area contributed by atoms with Crippen molar-refractivity contribution >= 4 is 64.4 Å². The molecule has 3 rings (SSSR count). The van der Waals surface area contributed by atoms with Crippen LogP contribution in [0.4, 0.5) is 5.13 Å². The molecule has 2 aromatic rings. The van der Waals surface area contributed by atoms with Crippen LogP contribution >= 0.6 is 47.5 Å². The second-order valence-corrected chi connectivity index (χ2v) is 7.31. The van der Waals surface area contributed by atoms with Gasteiger partial charge in [-0.2, -0.15) is 0 Å². The van der Waals surface area contributed by atoms with Crippen LogP contribution < -0.4 is 16.4 Å². The third-order valence-corrected chi connectivity index (χ3v) is 5.33. The topological polar surface area (TPSA) is 97.1 Å². The Morgan fingerprint density at radius 1 is 1.32 bits per heavy atom. The Kier molecular flexibility index (Phi) is 8.81. The highest BCUT2D eigenvalue weighted by molar-refractivity contribution is 7.14. The van der Waals surface area contributed by atoms with Gasteiger partial charge in [0, 0.05) is 18.0 Å². The summed E-state index contributed by atoms with van der Waals surface area (Å²) in [5.74, 6) is 0.274. The molecule has 2 heterocycles. The molecule has 0 bridgehead atoms. The number of carbonyl (C=O) groups is 2. The number of carbonyl (C=O) groups excluding carboxylic acids is 2. The molecule has 138 valence electrons. The minimum absolute atomic E-state index is 0. The van der Waals surface area contributed by atoms with Gasteiger partial charge in [0.05, 0.1) is 17.0 Å². The van der Waals surface area contributed by atoms with Gasteiger partial charge in [-0.05, 0) is 30.2 Å². The minimum Gasteiger partial charge on any atom is -0.351 e. The van der Waals surface area contributed by atoms with Crippen molar-refractivity contribution in [2.24, 2.45) is 11.7 Å². The number of halogens is 2. The molecule has 0 radical (unpaired) electrons. The van der Waals surface area contributed by atoms with E-state index in [9.17, 15) is 9.59 Å². The third-order valence-electron chi connectivity index (χ3n) is 3.65. The number of thiophene rings is 1. The van der Waals surface area contributed by atoms with Crippen LogP contribution in [0.2, 0.25) is 0 Å². The van der Waals surface area contributed by atoms with Gasteiger partial charge >= 0.3 is 0 Å². The first-order chi connectivity index (χ1) is 11.2. The first-order valence-corrected chi connectivity index (χ1v) is 9.20. The van der Waals surface area contributed by atoms with E-state index in [0.717, 1.165) is 12.8 Å². The minimum atomic E-state index is -0.178. The molecular formula is C15H20Cl2N4O2S2. The summed E-state index contributed by atoms with van der Waals surface area (Å²) in [5.41, 5.74) is 6.34. The summed E-state index contributed by atoms with van der Waals surface area (Å²) >= 11 is 2.69. The molecule has 1 saturated carbocycles. The molecule has 2 amide bonds. The summed E-state index contributed by atoms with van der Waals surface area (Å²) in [6, 6.07) is 3.65. The summed E-state index contributed by atoms with van der Waals surface area (Å²) in [6.45, 7) is 0.468. The quantitative estimate of drug-likeness (QED) is 0.638. The first-order valence-electron chi connectivity index (χ1n) is 7.44. The average molecular weight is 423 g/mol. The van der Waals surface area contributed by atoms with E-state index in [-0.39, 0.29) is 49.1 Å². The molecule has 10 heteroatoms.